The van der Waals surface area contributed by atoms with E-state index in [4.69, 9.17) is 20.2 Å². The number of ether oxygens (including phenoxy) is 2. The molecule has 1 aliphatic rings. The molecular weight excluding hydrogens is 362 g/mol. The van der Waals surface area contributed by atoms with Crippen molar-refractivity contribution in [2.75, 3.05) is 31.4 Å². The average molecular weight is 385 g/mol. The Morgan fingerprint density at radius 2 is 1.96 bits per heavy atom. The lowest BCUT2D eigenvalue weighted by Crippen LogP contribution is -2.32. The maximum atomic E-state index is 6.26. The van der Waals surface area contributed by atoms with Gasteiger partial charge in [0.05, 0.1) is 24.7 Å². The topological polar surface area (TPSA) is 86.4 Å². The van der Waals surface area contributed by atoms with Crippen LogP contribution in [0.15, 0.2) is 17.5 Å². The number of aromatic nitrogens is 3. The molecule has 142 valence electrons. The first-order valence-corrected chi connectivity index (χ1v) is 9.84. The molecule has 7 nitrogen and oxygen atoms in total. The average Bonchev–Trinajstić information content (AvgIpc) is 3.29. The number of benzene rings is 1. The molecule has 0 radical (unpaired) electrons. The number of methoxy groups -OCH3 is 2. The highest BCUT2D eigenvalue weighted by molar-refractivity contribution is 7.09. The molecule has 0 bridgehead atoms. The summed E-state index contributed by atoms with van der Waals surface area (Å²) in [6.45, 7) is 2.95. The monoisotopic (exact) mass is 385 g/mol. The minimum Gasteiger partial charge on any atom is -0.493 e. The summed E-state index contributed by atoms with van der Waals surface area (Å²) < 4.78 is 10.8. The van der Waals surface area contributed by atoms with Gasteiger partial charge in [-0.05, 0) is 25.8 Å². The molecule has 27 heavy (non-hydrogen) atoms. The quantitative estimate of drug-likeness (QED) is 0.722. The Morgan fingerprint density at radius 3 is 2.67 bits per heavy atom. The molecule has 1 unspecified atom stereocenters. The lowest BCUT2D eigenvalue weighted by atomic mass is 10.1. The van der Waals surface area contributed by atoms with Crippen LogP contribution in [0.25, 0.3) is 10.9 Å². The summed E-state index contributed by atoms with van der Waals surface area (Å²) in [6.07, 6.45) is 3.12. The lowest BCUT2D eigenvalue weighted by Gasteiger charge is -2.24. The summed E-state index contributed by atoms with van der Waals surface area (Å²) in [5.41, 5.74) is 8.09. The summed E-state index contributed by atoms with van der Waals surface area (Å²) in [6, 6.07) is 4.02. The highest BCUT2D eigenvalue weighted by Crippen LogP contribution is 2.35. The first-order chi connectivity index (χ1) is 13.1. The number of thiazole rings is 1. The van der Waals surface area contributed by atoms with Crippen molar-refractivity contribution in [3.63, 3.8) is 0 Å². The second-order valence-electron chi connectivity index (χ2n) is 6.71. The number of hydrogen-bond donors (Lipinski definition) is 1. The fourth-order valence-corrected chi connectivity index (χ4v) is 4.45. The summed E-state index contributed by atoms with van der Waals surface area (Å²) in [4.78, 5) is 16.2. The zero-order valence-electron chi connectivity index (χ0n) is 15.7. The van der Waals surface area contributed by atoms with Crippen molar-refractivity contribution in [1.29, 1.82) is 0 Å². The second-order valence-corrected chi connectivity index (χ2v) is 7.65. The van der Waals surface area contributed by atoms with Gasteiger partial charge in [-0.1, -0.05) is 0 Å². The number of rotatable bonds is 5. The van der Waals surface area contributed by atoms with Crippen LogP contribution < -0.4 is 20.1 Å². The van der Waals surface area contributed by atoms with E-state index in [0.717, 1.165) is 47.4 Å². The van der Waals surface area contributed by atoms with Gasteiger partial charge in [0, 0.05) is 41.5 Å². The molecule has 1 saturated heterocycles. The van der Waals surface area contributed by atoms with Crippen molar-refractivity contribution >= 4 is 34.0 Å². The molecule has 1 aromatic carbocycles. The Balaban J connectivity index is 1.69. The number of nitrogens with zero attached hydrogens (tertiary/aromatic N) is 4. The molecule has 0 amide bonds. The van der Waals surface area contributed by atoms with E-state index in [-0.39, 0.29) is 0 Å². The van der Waals surface area contributed by atoms with Crippen molar-refractivity contribution in [2.45, 2.75) is 32.2 Å². The Morgan fingerprint density at radius 1 is 1.19 bits per heavy atom. The number of hydrogen-bond acceptors (Lipinski definition) is 8. The van der Waals surface area contributed by atoms with Gasteiger partial charge in [0.25, 0.3) is 0 Å². The highest BCUT2D eigenvalue weighted by atomic mass is 32.1. The minimum atomic E-state index is 0.340. The summed E-state index contributed by atoms with van der Waals surface area (Å²) >= 11 is 1.71. The number of anilines is 2. The normalized spacial score (nSPS) is 16.9. The fourth-order valence-electron chi connectivity index (χ4n) is 3.60. The van der Waals surface area contributed by atoms with Crippen LogP contribution in [0.4, 0.5) is 11.8 Å². The predicted molar refractivity (Wildman–Crippen MR) is 108 cm³/mol. The summed E-state index contributed by atoms with van der Waals surface area (Å²) in [5, 5.41) is 4.02. The van der Waals surface area contributed by atoms with Gasteiger partial charge in [0.15, 0.2) is 11.5 Å². The van der Waals surface area contributed by atoms with Crippen molar-refractivity contribution < 1.29 is 9.47 Å². The molecule has 1 atom stereocenters. The van der Waals surface area contributed by atoms with E-state index in [9.17, 15) is 0 Å². The number of fused-ring (bicyclic) bond motifs is 1. The zero-order chi connectivity index (χ0) is 19.0. The van der Waals surface area contributed by atoms with E-state index in [1.807, 2.05) is 19.1 Å². The third-order valence-corrected chi connectivity index (χ3v) is 5.92. The number of nitrogens with two attached hydrogens (primary N) is 1. The van der Waals surface area contributed by atoms with Crippen LogP contribution in [0, 0.1) is 6.92 Å². The summed E-state index contributed by atoms with van der Waals surface area (Å²) in [5.74, 6) is 2.37. The smallest absolute Gasteiger partial charge is 0.228 e. The highest BCUT2D eigenvalue weighted by Gasteiger charge is 2.28. The Labute approximate surface area is 162 Å². The second kappa shape index (κ2) is 7.19. The van der Waals surface area contributed by atoms with Gasteiger partial charge in [0.2, 0.25) is 5.95 Å². The van der Waals surface area contributed by atoms with E-state index in [1.165, 1.54) is 0 Å². The molecule has 2 N–H and O–H groups in total. The van der Waals surface area contributed by atoms with Crippen LogP contribution >= 0.6 is 11.3 Å². The van der Waals surface area contributed by atoms with Crippen LogP contribution in [-0.2, 0) is 6.42 Å². The molecule has 2 aromatic heterocycles. The van der Waals surface area contributed by atoms with E-state index >= 15 is 0 Å². The lowest BCUT2D eigenvalue weighted by molar-refractivity contribution is 0.356. The van der Waals surface area contributed by atoms with Gasteiger partial charge in [-0.15, -0.1) is 11.3 Å². The molecule has 1 aliphatic heterocycles. The van der Waals surface area contributed by atoms with E-state index in [0.29, 0.717) is 29.3 Å². The molecule has 3 aromatic rings. The van der Waals surface area contributed by atoms with Crippen LogP contribution in [0.3, 0.4) is 0 Å². The maximum Gasteiger partial charge on any atom is 0.228 e. The molecule has 0 saturated carbocycles. The van der Waals surface area contributed by atoms with Crippen LogP contribution in [0.2, 0.25) is 0 Å². The van der Waals surface area contributed by atoms with Crippen molar-refractivity contribution in [1.82, 2.24) is 15.0 Å². The molecule has 0 aliphatic carbocycles. The Hall–Kier alpha value is -2.61. The standard InChI is InChI=1S/C19H23N5O2S/c1-11-10-27-17(21-11)7-12-5-4-6-24(12)19-22-14-9-16(26-3)15(25-2)8-13(14)18(20)23-19/h8-10,12H,4-7H2,1-3H3,(H2,20,22,23). The van der Waals surface area contributed by atoms with Gasteiger partial charge in [-0.25, -0.2) is 9.97 Å². The number of aryl methyl sites for hydroxylation is 1. The SMILES string of the molecule is COc1cc2nc(N3CCCC3Cc3nc(C)cs3)nc(N)c2cc1OC. The summed E-state index contributed by atoms with van der Waals surface area (Å²) in [7, 11) is 3.21. The molecule has 3 heterocycles. The van der Waals surface area contributed by atoms with Crippen molar-refractivity contribution in [3.05, 3.63) is 28.2 Å². The van der Waals surface area contributed by atoms with Gasteiger partial charge >= 0.3 is 0 Å². The van der Waals surface area contributed by atoms with Crippen molar-refractivity contribution in [2.24, 2.45) is 0 Å². The van der Waals surface area contributed by atoms with Gasteiger partial charge in [-0.2, -0.15) is 4.98 Å². The van der Waals surface area contributed by atoms with Gasteiger partial charge < -0.3 is 20.1 Å². The molecule has 0 spiro atoms. The zero-order valence-corrected chi connectivity index (χ0v) is 16.5. The van der Waals surface area contributed by atoms with Crippen LogP contribution in [0.1, 0.15) is 23.5 Å². The third kappa shape index (κ3) is 3.37. The Kier molecular flexibility index (Phi) is 4.73. The first kappa shape index (κ1) is 17.8. The molecular formula is C19H23N5O2S. The minimum absolute atomic E-state index is 0.340. The van der Waals surface area contributed by atoms with Gasteiger partial charge in [-0.3, -0.25) is 0 Å². The largest absolute Gasteiger partial charge is 0.493 e. The van der Waals surface area contributed by atoms with E-state index in [2.05, 4.69) is 20.2 Å². The Bertz CT molecular complexity index is 974. The third-order valence-electron chi connectivity index (χ3n) is 4.93. The molecule has 1 fully saturated rings. The maximum absolute atomic E-state index is 6.26. The van der Waals surface area contributed by atoms with Crippen molar-refractivity contribution in [3.8, 4) is 11.5 Å². The van der Waals surface area contributed by atoms with E-state index < -0.39 is 0 Å². The van der Waals surface area contributed by atoms with Crippen LogP contribution in [0.5, 0.6) is 11.5 Å². The molecule has 8 heteroatoms. The van der Waals surface area contributed by atoms with Crippen LogP contribution in [-0.4, -0.2) is 41.8 Å². The van der Waals surface area contributed by atoms with Gasteiger partial charge in [0.1, 0.15) is 5.82 Å². The molecule has 4 rings (SSSR count). The van der Waals surface area contributed by atoms with E-state index in [1.54, 1.807) is 25.6 Å². The predicted octanol–water partition coefficient (Wildman–Crippen LogP) is 3.21. The number of nitrogen functional groups attached to an aromatic ring is 1. The fraction of sp³-hybridized carbons (Fsp3) is 0.421. The first-order valence-electron chi connectivity index (χ1n) is 8.96.